The van der Waals surface area contributed by atoms with Crippen LogP contribution in [0.5, 0.6) is 0 Å². The van der Waals surface area contributed by atoms with Crippen LogP contribution in [0.25, 0.3) is 0 Å². The Morgan fingerprint density at radius 1 is 1.32 bits per heavy atom. The van der Waals surface area contributed by atoms with E-state index in [1.807, 2.05) is 42.3 Å². The number of hydrogen-bond donors (Lipinski definition) is 2. The Morgan fingerprint density at radius 3 is 2.63 bits per heavy atom. The van der Waals surface area contributed by atoms with Gasteiger partial charge in [-0.25, -0.2) is 0 Å². The molecule has 0 spiro atoms. The van der Waals surface area contributed by atoms with E-state index in [1.54, 1.807) is 0 Å². The fourth-order valence-corrected chi connectivity index (χ4v) is 1.96. The zero-order valence-corrected chi connectivity index (χ0v) is 11.5. The third-order valence-electron chi connectivity index (χ3n) is 3.31. The minimum absolute atomic E-state index is 0.122. The van der Waals surface area contributed by atoms with Gasteiger partial charge in [-0.3, -0.25) is 4.99 Å². The maximum atomic E-state index is 9.11. The number of hydrogen-bond acceptors (Lipinski definition) is 3. The minimum Gasteiger partial charge on any atom is -0.394 e. The van der Waals surface area contributed by atoms with Gasteiger partial charge in [-0.15, -0.1) is 0 Å². The normalized spacial score (nSPS) is 20.2. The molecule has 4 heteroatoms. The Kier molecular flexibility index (Phi) is 4.58. The number of nitrogens with one attached hydrogen (secondary N) is 1. The molecular weight excluding hydrogens is 238 g/mol. The van der Waals surface area contributed by atoms with Gasteiger partial charge in [0.2, 0.25) is 0 Å². The van der Waals surface area contributed by atoms with E-state index in [9.17, 15) is 0 Å². The standard InChI is InChI=1S/C15H21N3O/c1-12(10-19)18-9-8-15(16-11-18)17-13(2)14-6-4-3-5-7-14/h3-9,12-13,19H,10-11H2,1-2H3,(H,16,17)/t12-,13+/m1/s1. The van der Waals surface area contributed by atoms with Gasteiger partial charge in [0.15, 0.2) is 0 Å². The smallest absolute Gasteiger partial charge is 0.124 e. The monoisotopic (exact) mass is 259 g/mol. The van der Waals surface area contributed by atoms with Crippen LogP contribution in [0.4, 0.5) is 0 Å². The number of aliphatic hydroxyl groups excluding tert-OH is 1. The van der Waals surface area contributed by atoms with Crippen molar-refractivity contribution in [1.29, 1.82) is 0 Å². The van der Waals surface area contributed by atoms with Crippen molar-refractivity contribution in [2.75, 3.05) is 13.3 Å². The predicted molar refractivity (Wildman–Crippen MR) is 77.8 cm³/mol. The quantitative estimate of drug-likeness (QED) is 0.868. The Labute approximate surface area is 114 Å². The van der Waals surface area contributed by atoms with E-state index in [0.29, 0.717) is 6.67 Å². The highest BCUT2D eigenvalue weighted by Gasteiger charge is 2.13. The van der Waals surface area contributed by atoms with Crippen molar-refractivity contribution in [3.63, 3.8) is 0 Å². The molecule has 0 bridgehead atoms. The first-order chi connectivity index (χ1) is 9.20. The molecule has 0 aliphatic carbocycles. The number of amidine groups is 1. The summed E-state index contributed by atoms with van der Waals surface area (Å²) in [6.45, 7) is 4.90. The molecule has 2 rings (SSSR count). The van der Waals surface area contributed by atoms with Crippen LogP contribution in [0.15, 0.2) is 47.6 Å². The first-order valence-electron chi connectivity index (χ1n) is 6.62. The van der Waals surface area contributed by atoms with Crippen molar-refractivity contribution in [3.05, 3.63) is 48.2 Å². The molecule has 2 atom stereocenters. The Hall–Kier alpha value is -1.81. The molecule has 0 amide bonds. The first-order valence-corrected chi connectivity index (χ1v) is 6.62. The summed E-state index contributed by atoms with van der Waals surface area (Å²) in [4.78, 5) is 6.70. The second-order valence-corrected chi connectivity index (χ2v) is 4.80. The van der Waals surface area contributed by atoms with Crippen molar-refractivity contribution in [1.82, 2.24) is 10.2 Å². The van der Waals surface area contributed by atoms with E-state index in [4.69, 9.17) is 5.11 Å². The molecule has 1 aromatic carbocycles. The van der Waals surface area contributed by atoms with Crippen molar-refractivity contribution in [3.8, 4) is 0 Å². The fraction of sp³-hybridized carbons (Fsp3) is 0.400. The number of nitrogens with zero attached hydrogens (tertiary/aromatic N) is 2. The molecule has 2 N–H and O–H groups in total. The molecule has 0 fully saturated rings. The van der Waals surface area contributed by atoms with E-state index in [2.05, 4.69) is 29.4 Å². The average molecular weight is 259 g/mol. The molecule has 0 unspecified atom stereocenters. The summed E-state index contributed by atoms with van der Waals surface area (Å²) in [6.07, 6.45) is 3.93. The molecule has 19 heavy (non-hydrogen) atoms. The van der Waals surface area contributed by atoms with Crippen LogP contribution in [-0.4, -0.2) is 35.2 Å². The number of benzene rings is 1. The molecule has 0 radical (unpaired) electrons. The van der Waals surface area contributed by atoms with E-state index in [1.165, 1.54) is 5.56 Å². The number of aliphatic imine (C=N–C) groups is 1. The minimum atomic E-state index is 0.122. The zero-order chi connectivity index (χ0) is 13.7. The van der Waals surface area contributed by atoms with Gasteiger partial charge in [-0.05, 0) is 25.5 Å². The van der Waals surface area contributed by atoms with Crippen LogP contribution >= 0.6 is 0 Å². The lowest BCUT2D eigenvalue weighted by atomic mass is 10.1. The lowest BCUT2D eigenvalue weighted by Crippen LogP contribution is -2.43. The second-order valence-electron chi connectivity index (χ2n) is 4.80. The van der Waals surface area contributed by atoms with E-state index >= 15 is 0 Å². The summed E-state index contributed by atoms with van der Waals surface area (Å²) in [7, 11) is 0. The lowest BCUT2D eigenvalue weighted by Gasteiger charge is -2.30. The van der Waals surface area contributed by atoms with Crippen molar-refractivity contribution in [2.24, 2.45) is 4.99 Å². The van der Waals surface area contributed by atoms with Gasteiger partial charge in [0.25, 0.3) is 0 Å². The summed E-state index contributed by atoms with van der Waals surface area (Å²) < 4.78 is 0. The molecule has 0 saturated carbocycles. The summed E-state index contributed by atoms with van der Waals surface area (Å²) in [6, 6.07) is 10.5. The molecule has 102 valence electrons. The Morgan fingerprint density at radius 2 is 2.05 bits per heavy atom. The SMILES string of the molecule is C[C@H](N=C1C=CN([C@H](C)CO)CN1)c1ccccc1. The van der Waals surface area contributed by atoms with Crippen LogP contribution < -0.4 is 5.32 Å². The molecular formula is C15H21N3O. The lowest BCUT2D eigenvalue weighted by molar-refractivity contribution is 0.172. The molecule has 1 aliphatic heterocycles. The number of rotatable bonds is 4. The highest BCUT2D eigenvalue weighted by molar-refractivity contribution is 5.93. The Balaban J connectivity index is 2.02. The van der Waals surface area contributed by atoms with E-state index < -0.39 is 0 Å². The highest BCUT2D eigenvalue weighted by atomic mass is 16.3. The van der Waals surface area contributed by atoms with Gasteiger partial charge in [-0.1, -0.05) is 30.3 Å². The molecule has 1 aliphatic rings. The van der Waals surface area contributed by atoms with Crippen molar-refractivity contribution in [2.45, 2.75) is 25.9 Å². The highest BCUT2D eigenvalue weighted by Crippen LogP contribution is 2.16. The average Bonchev–Trinajstić information content (AvgIpc) is 2.48. The molecule has 1 heterocycles. The largest absolute Gasteiger partial charge is 0.394 e. The summed E-state index contributed by atoms with van der Waals surface area (Å²) in [5, 5.41) is 12.4. The molecule has 4 nitrogen and oxygen atoms in total. The van der Waals surface area contributed by atoms with Gasteiger partial charge < -0.3 is 15.3 Å². The topological polar surface area (TPSA) is 47.9 Å². The number of aliphatic hydroxyl groups is 1. The van der Waals surface area contributed by atoms with E-state index in [-0.39, 0.29) is 18.7 Å². The first kappa shape index (κ1) is 13.6. The summed E-state index contributed by atoms with van der Waals surface area (Å²) in [5.41, 5.74) is 1.20. The van der Waals surface area contributed by atoms with Gasteiger partial charge >= 0.3 is 0 Å². The van der Waals surface area contributed by atoms with Crippen LogP contribution in [0, 0.1) is 0 Å². The molecule has 0 aromatic heterocycles. The fourth-order valence-electron chi connectivity index (χ4n) is 1.96. The van der Waals surface area contributed by atoms with Crippen molar-refractivity contribution < 1.29 is 5.11 Å². The van der Waals surface area contributed by atoms with Gasteiger partial charge in [0.1, 0.15) is 5.84 Å². The third-order valence-corrected chi connectivity index (χ3v) is 3.31. The van der Waals surface area contributed by atoms with Gasteiger partial charge in [0, 0.05) is 6.20 Å². The third kappa shape index (κ3) is 3.58. The van der Waals surface area contributed by atoms with Crippen LogP contribution in [0.2, 0.25) is 0 Å². The maximum Gasteiger partial charge on any atom is 0.124 e. The predicted octanol–water partition coefficient (Wildman–Crippen LogP) is 1.90. The Bertz CT molecular complexity index is 456. The van der Waals surface area contributed by atoms with Crippen LogP contribution in [-0.2, 0) is 0 Å². The van der Waals surface area contributed by atoms with E-state index in [0.717, 1.165) is 5.84 Å². The van der Waals surface area contributed by atoms with Crippen molar-refractivity contribution >= 4 is 5.84 Å². The second kappa shape index (κ2) is 6.38. The summed E-state index contributed by atoms with van der Waals surface area (Å²) in [5.74, 6) is 0.887. The van der Waals surface area contributed by atoms with Gasteiger partial charge in [0.05, 0.1) is 25.4 Å². The van der Waals surface area contributed by atoms with Gasteiger partial charge in [-0.2, -0.15) is 0 Å². The molecule has 1 aromatic rings. The zero-order valence-electron chi connectivity index (χ0n) is 11.5. The maximum absolute atomic E-state index is 9.11. The van der Waals surface area contributed by atoms with Crippen LogP contribution in [0.1, 0.15) is 25.5 Å². The van der Waals surface area contributed by atoms with Crippen LogP contribution in [0.3, 0.4) is 0 Å². The molecule has 0 saturated heterocycles. The summed E-state index contributed by atoms with van der Waals surface area (Å²) >= 11 is 0.